The topological polar surface area (TPSA) is 100 Å². The summed E-state index contributed by atoms with van der Waals surface area (Å²) in [5.74, 6) is -1.50. The van der Waals surface area contributed by atoms with E-state index < -0.39 is 17.5 Å². The van der Waals surface area contributed by atoms with Gasteiger partial charge in [0, 0.05) is 37.3 Å². The van der Waals surface area contributed by atoms with Crippen LogP contribution in [0.1, 0.15) is 38.4 Å². The van der Waals surface area contributed by atoms with E-state index in [0.717, 1.165) is 11.1 Å². The molecule has 3 aromatic heterocycles. The van der Waals surface area contributed by atoms with E-state index in [-0.39, 0.29) is 36.7 Å². The molecule has 0 atom stereocenters. The summed E-state index contributed by atoms with van der Waals surface area (Å²) in [6.07, 6.45) is 4.19. The fourth-order valence-electron chi connectivity index (χ4n) is 3.97. The maximum atomic E-state index is 14.4. The molecule has 0 spiro atoms. The van der Waals surface area contributed by atoms with Crippen molar-refractivity contribution in [2.45, 2.75) is 33.2 Å². The summed E-state index contributed by atoms with van der Waals surface area (Å²) < 4.78 is 41.2. The van der Waals surface area contributed by atoms with Crippen molar-refractivity contribution in [3.8, 4) is 5.75 Å². The van der Waals surface area contributed by atoms with Crippen LogP contribution in [0.2, 0.25) is 0 Å². The van der Waals surface area contributed by atoms with Gasteiger partial charge in [0.25, 0.3) is 11.5 Å². The number of rotatable bonds is 10. The van der Waals surface area contributed by atoms with Gasteiger partial charge in [-0.15, -0.1) is 0 Å². The second-order valence-corrected chi connectivity index (χ2v) is 8.67. The number of carbonyl (C=O) groups is 1. The molecule has 38 heavy (non-hydrogen) atoms. The highest BCUT2D eigenvalue weighted by Crippen LogP contribution is 2.18. The normalized spacial score (nSPS) is 11.0. The van der Waals surface area contributed by atoms with E-state index in [1.807, 2.05) is 24.3 Å². The number of benzene rings is 1. The van der Waals surface area contributed by atoms with E-state index in [9.17, 15) is 18.4 Å². The lowest BCUT2D eigenvalue weighted by atomic mass is 10.1. The lowest BCUT2D eigenvalue weighted by Crippen LogP contribution is -2.24. The van der Waals surface area contributed by atoms with Gasteiger partial charge in [0.2, 0.25) is 0 Å². The number of nitrogens with one attached hydrogen (secondary N) is 1. The largest absolute Gasteiger partial charge is 0.494 e. The summed E-state index contributed by atoms with van der Waals surface area (Å²) in [6.45, 7) is 2.17. The first kappa shape index (κ1) is 26.7. The van der Waals surface area contributed by atoms with Crippen LogP contribution in [0.25, 0.3) is 0 Å². The average Bonchev–Trinajstić information content (AvgIpc) is 3.29. The quantitative estimate of drug-likeness (QED) is 0.343. The molecule has 0 saturated carbocycles. The number of amides is 1. The van der Waals surface area contributed by atoms with Crippen LogP contribution in [0.3, 0.4) is 0 Å². The third kappa shape index (κ3) is 6.12. The first-order valence-corrected chi connectivity index (χ1v) is 11.7. The molecule has 1 amide bonds. The highest BCUT2D eigenvalue weighted by Gasteiger charge is 2.18. The van der Waals surface area contributed by atoms with Gasteiger partial charge in [-0.3, -0.25) is 19.3 Å². The molecule has 1 aromatic carbocycles. The highest BCUT2D eigenvalue weighted by molar-refractivity contribution is 5.95. The SMILES string of the molecule is COCc1nn(Cc2ccc(Cn3cc(F)cc(C)c3=O)cc2)cc1C(=O)NCc1nccc(OC)c1F. The molecule has 0 unspecified atom stereocenters. The van der Waals surface area contributed by atoms with Crippen molar-refractivity contribution in [3.05, 3.63) is 111 Å². The molecule has 9 nitrogen and oxygen atoms in total. The minimum Gasteiger partial charge on any atom is -0.494 e. The Labute approximate surface area is 217 Å². The van der Waals surface area contributed by atoms with E-state index in [4.69, 9.17) is 9.47 Å². The molecule has 0 bridgehead atoms. The molecule has 0 fully saturated rings. The Morgan fingerprint density at radius 2 is 1.74 bits per heavy atom. The fraction of sp³-hybridized carbons (Fsp3) is 0.259. The maximum absolute atomic E-state index is 14.4. The number of nitrogens with zero attached hydrogens (tertiary/aromatic N) is 4. The molecule has 0 saturated heterocycles. The third-order valence-electron chi connectivity index (χ3n) is 5.88. The molecule has 0 aliphatic rings. The Bertz CT molecular complexity index is 1500. The zero-order chi connectivity index (χ0) is 27.2. The number of aromatic nitrogens is 4. The standard InChI is InChI=1S/C27H27F2N5O4/c1-17-10-20(28)14-33(27(17)36)12-18-4-6-19(7-5-18)13-34-15-21(23(32-34)16-37-2)26(35)31-11-22-25(29)24(38-3)8-9-30-22/h4-10,14-15H,11-13,16H2,1-3H3,(H,31,35). The molecule has 0 radical (unpaired) electrons. The number of aryl methyl sites for hydroxylation is 1. The van der Waals surface area contributed by atoms with E-state index in [2.05, 4.69) is 15.4 Å². The van der Waals surface area contributed by atoms with Crippen molar-refractivity contribution in [2.24, 2.45) is 0 Å². The van der Waals surface area contributed by atoms with Crippen LogP contribution in [0, 0.1) is 18.6 Å². The van der Waals surface area contributed by atoms with Gasteiger partial charge < -0.3 is 19.4 Å². The Kier molecular flexibility index (Phi) is 8.27. The van der Waals surface area contributed by atoms with Crippen LogP contribution in [-0.2, 0) is 31.0 Å². The van der Waals surface area contributed by atoms with Crippen LogP contribution in [0.15, 0.2) is 59.8 Å². The second kappa shape index (κ2) is 11.8. The molecule has 0 aliphatic heterocycles. The summed E-state index contributed by atoms with van der Waals surface area (Å²) >= 11 is 0. The van der Waals surface area contributed by atoms with Gasteiger partial charge in [0.15, 0.2) is 11.6 Å². The Balaban J connectivity index is 1.45. The average molecular weight is 524 g/mol. The first-order valence-electron chi connectivity index (χ1n) is 11.7. The molecule has 4 aromatic rings. The third-order valence-corrected chi connectivity index (χ3v) is 5.88. The molecule has 1 N–H and O–H groups in total. The van der Waals surface area contributed by atoms with Gasteiger partial charge in [0.1, 0.15) is 11.5 Å². The van der Waals surface area contributed by atoms with Crippen LogP contribution in [-0.4, -0.2) is 39.5 Å². The molecule has 4 rings (SSSR count). The molecule has 0 aliphatic carbocycles. The summed E-state index contributed by atoms with van der Waals surface area (Å²) in [5.41, 5.74) is 2.62. The Morgan fingerprint density at radius 3 is 2.42 bits per heavy atom. The van der Waals surface area contributed by atoms with E-state index in [1.54, 1.807) is 17.8 Å². The predicted molar refractivity (Wildman–Crippen MR) is 135 cm³/mol. The number of methoxy groups -OCH3 is 2. The number of halogens is 2. The maximum Gasteiger partial charge on any atom is 0.255 e. The van der Waals surface area contributed by atoms with Crippen LogP contribution in [0.4, 0.5) is 8.78 Å². The van der Waals surface area contributed by atoms with E-state index in [1.165, 1.54) is 43.3 Å². The number of hydrogen-bond acceptors (Lipinski definition) is 6. The second-order valence-electron chi connectivity index (χ2n) is 8.67. The van der Waals surface area contributed by atoms with Gasteiger partial charge in [-0.1, -0.05) is 24.3 Å². The van der Waals surface area contributed by atoms with Crippen molar-refractivity contribution >= 4 is 5.91 Å². The zero-order valence-electron chi connectivity index (χ0n) is 21.2. The summed E-state index contributed by atoms with van der Waals surface area (Å²) in [5, 5.41) is 7.14. The number of pyridine rings is 2. The Hall–Kier alpha value is -4.38. The minimum absolute atomic E-state index is 0.0428. The molecular weight excluding hydrogens is 496 g/mol. The molecule has 198 valence electrons. The van der Waals surface area contributed by atoms with Crippen molar-refractivity contribution in [1.29, 1.82) is 0 Å². The Morgan fingerprint density at radius 1 is 1.03 bits per heavy atom. The van der Waals surface area contributed by atoms with Gasteiger partial charge >= 0.3 is 0 Å². The highest BCUT2D eigenvalue weighted by atomic mass is 19.1. The van der Waals surface area contributed by atoms with E-state index >= 15 is 0 Å². The minimum atomic E-state index is -0.635. The smallest absolute Gasteiger partial charge is 0.255 e. The van der Waals surface area contributed by atoms with Gasteiger partial charge in [-0.25, -0.2) is 8.78 Å². The van der Waals surface area contributed by atoms with Crippen molar-refractivity contribution < 1.29 is 23.0 Å². The van der Waals surface area contributed by atoms with Gasteiger partial charge in [-0.05, 0) is 24.1 Å². The summed E-state index contributed by atoms with van der Waals surface area (Å²) in [6, 6.07) is 10.1. The first-order chi connectivity index (χ1) is 18.3. The van der Waals surface area contributed by atoms with Crippen molar-refractivity contribution in [1.82, 2.24) is 24.6 Å². The molecular formula is C27H27F2N5O4. The monoisotopic (exact) mass is 523 g/mol. The summed E-state index contributed by atoms with van der Waals surface area (Å²) in [4.78, 5) is 29.1. The van der Waals surface area contributed by atoms with Crippen molar-refractivity contribution in [2.75, 3.05) is 14.2 Å². The summed E-state index contributed by atoms with van der Waals surface area (Å²) in [7, 11) is 2.85. The number of hydrogen-bond donors (Lipinski definition) is 1. The zero-order valence-corrected chi connectivity index (χ0v) is 21.2. The predicted octanol–water partition coefficient (Wildman–Crippen LogP) is 3.21. The van der Waals surface area contributed by atoms with Crippen LogP contribution >= 0.6 is 0 Å². The van der Waals surface area contributed by atoms with Crippen LogP contribution < -0.4 is 15.6 Å². The van der Waals surface area contributed by atoms with Crippen molar-refractivity contribution in [3.63, 3.8) is 0 Å². The van der Waals surface area contributed by atoms with Gasteiger partial charge in [0.05, 0.1) is 44.6 Å². The fourth-order valence-corrected chi connectivity index (χ4v) is 3.97. The lowest BCUT2D eigenvalue weighted by molar-refractivity contribution is 0.0945. The number of ether oxygens (including phenoxy) is 2. The van der Waals surface area contributed by atoms with Gasteiger partial charge in [-0.2, -0.15) is 5.10 Å². The molecule has 11 heteroatoms. The van der Waals surface area contributed by atoms with E-state index in [0.29, 0.717) is 23.4 Å². The lowest BCUT2D eigenvalue weighted by Gasteiger charge is -2.09. The van der Waals surface area contributed by atoms with Crippen LogP contribution in [0.5, 0.6) is 5.75 Å². The number of carbonyl (C=O) groups excluding carboxylic acids is 1. The molecule has 3 heterocycles.